The molecule has 9 atom stereocenters. The molecule has 0 spiro atoms. The monoisotopic (exact) mass is 440 g/mol. The molecule has 0 bridgehead atoms. The molecule has 4 aliphatic rings. The Kier molecular flexibility index (Phi) is 6.51. The molecule has 180 valence electrons. The molecule has 0 saturated heterocycles. The van der Waals surface area contributed by atoms with Crippen molar-refractivity contribution in [3.8, 4) is 0 Å². The maximum atomic E-state index is 5.52. The molecule has 0 aromatic carbocycles. The molecule has 1 aromatic rings. The molecule has 9 unspecified atom stereocenters. The molecule has 0 N–H and O–H groups in total. The first kappa shape index (κ1) is 22.9. The topological polar surface area (TPSA) is 27.1 Å². The number of rotatable bonds is 6. The van der Waals surface area contributed by atoms with Crippen molar-refractivity contribution >= 4 is 0 Å². The summed E-state index contributed by atoms with van der Waals surface area (Å²) >= 11 is 0. The summed E-state index contributed by atoms with van der Waals surface area (Å²) < 4.78 is 7.76. The molecule has 4 aliphatic carbocycles. The van der Waals surface area contributed by atoms with Gasteiger partial charge in [0.25, 0.3) is 0 Å². The largest absolute Gasteiger partial charge is 0.384 e. The van der Waals surface area contributed by atoms with Crippen molar-refractivity contribution < 1.29 is 4.74 Å². The smallest absolute Gasteiger partial charge is 0.0524 e. The van der Waals surface area contributed by atoms with Gasteiger partial charge in [-0.2, -0.15) is 5.10 Å². The van der Waals surface area contributed by atoms with Crippen molar-refractivity contribution in [2.24, 2.45) is 52.8 Å². The van der Waals surface area contributed by atoms with Gasteiger partial charge in [-0.05, 0) is 122 Å². The zero-order valence-electron chi connectivity index (χ0n) is 21.4. The normalized spacial score (nSPS) is 42.4. The minimum absolute atomic E-state index is 0.564. The first-order valence-electron chi connectivity index (χ1n) is 13.9. The predicted octanol–water partition coefficient (Wildman–Crippen LogP) is 7.17. The SMILES string of the molecule is COCC1CCC2C(CCC3C2CCC2(C)C(C(C)Cn4cc(C(C)C)cn4)CCC32)C1. The van der Waals surface area contributed by atoms with Gasteiger partial charge in [-0.15, -0.1) is 0 Å². The van der Waals surface area contributed by atoms with Crippen molar-refractivity contribution in [1.29, 1.82) is 0 Å². The molecule has 0 radical (unpaired) electrons. The van der Waals surface area contributed by atoms with Gasteiger partial charge in [0.15, 0.2) is 0 Å². The fourth-order valence-corrected chi connectivity index (χ4v) is 9.51. The van der Waals surface area contributed by atoms with Crippen LogP contribution in [0.4, 0.5) is 0 Å². The molecule has 1 aromatic heterocycles. The second kappa shape index (κ2) is 9.08. The van der Waals surface area contributed by atoms with Crippen LogP contribution in [0.3, 0.4) is 0 Å². The minimum Gasteiger partial charge on any atom is -0.384 e. The zero-order valence-corrected chi connectivity index (χ0v) is 21.4. The van der Waals surface area contributed by atoms with Crippen molar-refractivity contribution in [2.75, 3.05) is 13.7 Å². The van der Waals surface area contributed by atoms with Gasteiger partial charge in [-0.1, -0.05) is 27.7 Å². The van der Waals surface area contributed by atoms with E-state index in [9.17, 15) is 0 Å². The third-order valence-corrected chi connectivity index (χ3v) is 11.0. The Balaban J connectivity index is 1.25. The van der Waals surface area contributed by atoms with Gasteiger partial charge in [-0.3, -0.25) is 4.68 Å². The summed E-state index contributed by atoms with van der Waals surface area (Å²) in [5.74, 6) is 8.06. The van der Waals surface area contributed by atoms with Crippen LogP contribution < -0.4 is 0 Å². The summed E-state index contributed by atoms with van der Waals surface area (Å²) in [6, 6.07) is 0. The van der Waals surface area contributed by atoms with E-state index in [1.54, 1.807) is 0 Å². The van der Waals surface area contributed by atoms with E-state index in [1.165, 1.54) is 63.4 Å². The second-order valence-corrected chi connectivity index (χ2v) is 12.9. The maximum Gasteiger partial charge on any atom is 0.0524 e. The van der Waals surface area contributed by atoms with Gasteiger partial charge in [0, 0.05) is 26.5 Å². The van der Waals surface area contributed by atoms with Gasteiger partial charge in [0.1, 0.15) is 0 Å². The summed E-state index contributed by atoms with van der Waals surface area (Å²) in [6.07, 6.45) is 17.7. The number of aromatic nitrogens is 2. The average molecular weight is 441 g/mol. The van der Waals surface area contributed by atoms with Gasteiger partial charge in [0.2, 0.25) is 0 Å². The molecule has 4 fully saturated rings. The molecule has 4 saturated carbocycles. The molecule has 5 rings (SSSR count). The van der Waals surface area contributed by atoms with E-state index >= 15 is 0 Å². The number of hydrogen-bond donors (Lipinski definition) is 0. The van der Waals surface area contributed by atoms with Crippen molar-refractivity contribution in [3.05, 3.63) is 18.0 Å². The predicted molar refractivity (Wildman–Crippen MR) is 131 cm³/mol. The fourth-order valence-electron chi connectivity index (χ4n) is 9.51. The maximum absolute atomic E-state index is 5.52. The van der Waals surface area contributed by atoms with Crippen molar-refractivity contribution in [1.82, 2.24) is 9.78 Å². The number of ether oxygens (including phenoxy) is 1. The van der Waals surface area contributed by atoms with Crippen molar-refractivity contribution in [3.63, 3.8) is 0 Å². The standard InChI is InChI=1S/C29H48N2O/c1-19(2)23-15-30-31(17-23)16-20(3)27-10-11-28-26-9-7-22-14-21(18-32-5)6-8-24(22)25(26)12-13-29(27,28)4/h15,17,19-22,24-28H,6-14,16,18H2,1-5H3. The molecule has 3 heteroatoms. The highest BCUT2D eigenvalue weighted by atomic mass is 16.5. The third kappa shape index (κ3) is 3.99. The summed E-state index contributed by atoms with van der Waals surface area (Å²) in [5, 5.41) is 4.71. The van der Waals surface area contributed by atoms with Gasteiger partial charge in [-0.25, -0.2) is 0 Å². The average Bonchev–Trinajstić information content (AvgIpc) is 3.37. The van der Waals surface area contributed by atoms with Crippen LogP contribution in [0.5, 0.6) is 0 Å². The Morgan fingerprint density at radius 1 is 1.03 bits per heavy atom. The first-order chi connectivity index (χ1) is 15.4. The van der Waals surface area contributed by atoms with E-state index in [4.69, 9.17) is 9.84 Å². The lowest BCUT2D eigenvalue weighted by Crippen LogP contribution is -2.49. The Hall–Kier alpha value is -0.830. The number of nitrogens with zero attached hydrogens (tertiary/aromatic N) is 2. The molecule has 3 nitrogen and oxygen atoms in total. The minimum atomic E-state index is 0.564. The lowest BCUT2D eigenvalue weighted by molar-refractivity contribution is -0.0777. The van der Waals surface area contributed by atoms with Crippen LogP contribution in [0.15, 0.2) is 12.4 Å². The van der Waals surface area contributed by atoms with Crippen LogP contribution in [0.2, 0.25) is 0 Å². The van der Waals surface area contributed by atoms with Gasteiger partial charge in [0.05, 0.1) is 6.20 Å². The Morgan fingerprint density at radius 2 is 1.84 bits per heavy atom. The highest BCUT2D eigenvalue weighted by Gasteiger charge is 2.57. The van der Waals surface area contributed by atoms with E-state index in [0.29, 0.717) is 11.3 Å². The number of methoxy groups -OCH3 is 1. The molecule has 32 heavy (non-hydrogen) atoms. The van der Waals surface area contributed by atoms with Crippen LogP contribution in [0.1, 0.15) is 97.0 Å². The number of fused-ring (bicyclic) bond motifs is 5. The highest BCUT2D eigenvalue weighted by Crippen LogP contribution is 2.65. The fraction of sp³-hybridized carbons (Fsp3) is 0.897. The van der Waals surface area contributed by atoms with Crippen LogP contribution in [-0.4, -0.2) is 23.5 Å². The van der Waals surface area contributed by atoms with Gasteiger partial charge >= 0.3 is 0 Å². The van der Waals surface area contributed by atoms with E-state index in [0.717, 1.165) is 60.5 Å². The van der Waals surface area contributed by atoms with Crippen LogP contribution >= 0.6 is 0 Å². The van der Waals surface area contributed by atoms with Crippen LogP contribution in [-0.2, 0) is 11.3 Å². The van der Waals surface area contributed by atoms with E-state index < -0.39 is 0 Å². The second-order valence-electron chi connectivity index (χ2n) is 12.9. The van der Waals surface area contributed by atoms with Crippen molar-refractivity contribution in [2.45, 2.75) is 97.9 Å². The molecular formula is C29H48N2O. The lowest BCUT2D eigenvalue weighted by atomic mass is 9.49. The highest BCUT2D eigenvalue weighted by molar-refractivity contribution is 5.09. The third-order valence-electron chi connectivity index (χ3n) is 11.0. The molecule has 1 heterocycles. The van der Waals surface area contributed by atoms with Gasteiger partial charge < -0.3 is 4.74 Å². The molecular weight excluding hydrogens is 392 g/mol. The summed E-state index contributed by atoms with van der Waals surface area (Å²) in [4.78, 5) is 0. The Labute approximate surface area is 197 Å². The quantitative estimate of drug-likeness (QED) is 0.468. The number of hydrogen-bond acceptors (Lipinski definition) is 2. The zero-order chi connectivity index (χ0) is 22.5. The van der Waals surface area contributed by atoms with Crippen LogP contribution in [0.25, 0.3) is 0 Å². The summed E-state index contributed by atoms with van der Waals surface area (Å²) in [6.45, 7) is 11.8. The summed E-state index contributed by atoms with van der Waals surface area (Å²) in [7, 11) is 1.89. The Bertz CT molecular complexity index is 771. The van der Waals surface area contributed by atoms with Crippen LogP contribution in [0, 0.1) is 52.8 Å². The Morgan fingerprint density at radius 3 is 2.59 bits per heavy atom. The van der Waals surface area contributed by atoms with E-state index in [1.807, 2.05) is 7.11 Å². The molecule has 0 aliphatic heterocycles. The lowest BCUT2D eigenvalue weighted by Gasteiger charge is -2.57. The molecule has 0 amide bonds. The first-order valence-corrected chi connectivity index (χ1v) is 13.9. The summed E-state index contributed by atoms with van der Waals surface area (Å²) in [5.41, 5.74) is 1.94. The van der Waals surface area contributed by atoms with E-state index in [-0.39, 0.29) is 0 Å². The van der Waals surface area contributed by atoms with E-state index in [2.05, 4.69) is 44.8 Å².